The number of fused-ring (bicyclic) bond motifs is 5. The first kappa shape index (κ1) is 19.1. The predicted molar refractivity (Wildman–Crippen MR) is 114 cm³/mol. The molecule has 2 nitrogen and oxygen atoms in total. The number of aliphatic hydroxyl groups excluding tert-OH is 1. The number of aliphatic hydroxyl groups is 1. The molecule has 0 saturated heterocycles. The molecule has 5 rings (SSSR count). The van der Waals surface area contributed by atoms with Crippen molar-refractivity contribution in [3.05, 3.63) is 42.0 Å². The summed E-state index contributed by atoms with van der Waals surface area (Å²) in [5, 5.41) is 10.2. The van der Waals surface area contributed by atoms with Gasteiger partial charge in [-0.25, -0.2) is 0 Å². The molecule has 28 heavy (non-hydrogen) atoms. The van der Waals surface area contributed by atoms with E-state index in [1.807, 2.05) is 0 Å². The third-order valence-corrected chi connectivity index (χ3v) is 11.4. The van der Waals surface area contributed by atoms with Gasteiger partial charge in [0.15, 0.2) is 0 Å². The molecule has 0 aromatic heterocycles. The Morgan fingerprint density at radius 3 is 2.57 bits per heavy atom. The van der Waals surface area contributed by atoms with Crippen LogP contribution in [0.1, 0.15) is 58.8 Å². The second-order valence-corrected chi connectivity index (χ2v) is 12.8. The van der Waals surface area contributed by atoms with Gasteiger partial charge in [-0.15, -0.1) is 0 Å². The first-order valence-corrected chi connectivity index (χ1v) is 12.9. The molecular weight excluding hydrogens is 411 g/mol. The van der Waals surface area contributed by atoms with E-state index in [0.29, 0.717) is 23.5 Å². The molecule has 3 fully saturated rings. The van der Waals surface area contributed by atoms with E-state index in [4.69, 9.17) is 0 Å². The van der Waals surface area contributed by atoms with Crippen LogP contribution in [0, 0.1) is 28.6 Å². The van der Waals surface area contributed by atoms with Crippen LogP contribution in [0.4, 0.5) is 0 Å². The molecule has 0 spiro atoms. The van der Waals surface area contributed by atoms with Crippen molar-refractivity contribution in [3.8, 4) is 0 Å². The van der Waals surface area contributed by atoms with E-state index in [1.54, 1.807) is 0 Å². The molecule has 2 unspecified atom stereocenters. The fourth-order valence-electron chi connectivity index (χ4n) is 7.17. The maximum absolute atomic E-state index is 13.5. The molecule has 0 radical (unpaired) electrons. The van der Waals surface area contributed by atoms with Crippen LogP contribution in [-0.4, -0.2) is 32.0 Å². The minimum atomic E-state index is -0.143. The first-order valence-electron chi connectivity index (χ1n) is 11.1. The summed E-state index contributed by atoms with van der Waals surface area (Å²) in [6.45, 7) is 4.76. The zero-order valence-electron chi connectivity index (χ0n) is 17.1. The Balaban J connectivity index is 1.42. The second-order valence-electron chi connectivity index (χ2n) is 10.1. The Kier molecular flexibility index (Phi) is 4.65. The van der Waals surface area contributed by atoms with E-state index >= 15 is 0 Å². The van der Waals surface area contributed by atoms with Crippen molar-refractivity contribution in [2.24, 2.45) is 28.6 Å². The summed E-state index contributed by atoms with van der Waals surface area (Å²) >= 11 is 0.253. The summed E-state index contributed by atoms with van der Waals surface area (Å²) < 4.78 is 1.37. The van der Waals surface area contributed by atoms with Crippen molar-refractivity contribution >= 4 is 25.2 Å². The van der Waals surface area contributed by atoms with E-state index in [2.05, 4.69) is 50.3 Å². The van der Waals surface area contributed by atoms with Gasteiger partial charge >= 0.3 is 175 Å². The molecule has 1 aromatic carbocycles. The molecule has 1 N–H and O–H groups in total. The minimum absolute atomic E-state index is 0.0990. The van der Waals surface area contributed by atoms with E-state index in [0.717, 1.165) is 38.5 Å². The van der Waals surface area contributed by atoms with Crippen LogP contribution >= 0.6 is 0 Å². The molecule has 0 amide bonds. The Morgan fingerprint density at radius 2 is 1.79 bits per heavy atom. The number of carbonyl (C=O) groups is 1. The monoisotopic (exact) mass is 444 g/mol. The molecule has 3 saturated carbocycles. The normalized spacial score (nSPS) is 45.0. The van der Waals surface area contributed by atoms with Crippen LogP contribution < -0.4 is 4.46 Å². The molecule has 1 aromatic rings. The Bertz CT molecular complexity index is 802. The first-order chi connectivity index (χ1) is 13.4. The van der Waals surface area contributed by atoms with Crippen molar-refractivity contribution in [3.63, 3.8) is 0 Å². The quantitative estimate of drug-likeness (QED) is 0.547. The van der Waals surface area contributed by atoms with Crippen molar-refractivity contribution in [2.45, 2.75) is 69.7 Å². The summed E-state index contributed by atoms with van der Waals surface area (Å²) in [6.07, 6.45) is 9.76. The Hall–Kier alpha value is -0.891. The van der Waals surface area contributed by atoms with Crippen LogP contribution in [0.25, 0.3) is 0 Å². The summed E-state index contributed by atoms with van der Waals surface area (Å²) in [7, 11) is 0. The van der Waals surface area contributed by atoms with E-state index in [1.165, 1.54) is 16.5 Å². The van der Waals surface area contributed by atoms with Gasteiger partial charge in [0, 0.05) is 0 Å². The van der Waals surface area contributed by atoms with Gasteiger partial charge in [0.25, 0.3) is 0 Å². The average Bonchev–Trinajstić information content (AvgIpc) is 2.94. The summed E-state index contributed by atoms with van der Waals surface area (Å²) in [4.78, 5) is 13.8. The van der Waals surface area contributed by atoms with E-state index in [-0.39, 0.29) is 36.7 Å². The third-order valence-electron chi connectivity index (χ3n) is 8.81. The standard InChI is InChI=1S/C25H32O2Se/c1-24-12-10-17(26)14-16(24)8-9-19-20(24)11-13-25(2)21(19)15-22(23(25)27)28-18-6-4-3-5-7-18/h3-8,17,19-22,26H,9-15H2,1-2H3/t17-,19+,20?,21-,22?,24-,25-/m0/s1. The van der Waals surface area contributed by atoms with Gasteiger partial charge < -0.3 is 0 Å². The molecule has 4 aliphatic rings. The van der Waals surface area contributed by atoms with E-state index in [9.17, 15) is 9.90 Å². The number of Topliss-reactive ketones (excluding diaryl/α,β-unsaturated/α-hetero) is 1. The SMILES string of the molecule is C[C@]12CC[C@H](O)CC1=CC[C@@H]1C2CC[C@]2(C)C(=O)C([Se]c3ccccc3)C[C@@H]12. The number of carbonyl (C=O) groups excluding carboxylic acids is 1. The number of allylic oxidation sites excluding steroid dienone is 1. The molecule has 150 valence electrons. The summed E-state index contributed by atoms with van der Waals surface area (Å²) in [5.74, 6) is 2.48. The van der Waals surface area contributed by atoms with Gasteiger partial charge in [0.05, 0.1) is 0 Å². The number of rotatable bonds is 2. The van der Waals surface area contributed by atoms with Gasteiger partial charge in [-0.1, -0.05) is 0 Å². The second kappa shape index (κ2) is 6.83. The number of benzene rings is 1. The van der Waals surface area contributed by atoms with Crippen LogP contribution in [-0.2, 0) is 4.79 Å². The van der Waals surface area contributed by atoms with Gasteiger partial charge in [-0.05, 0) is 0 Å². The molecule has 4 aliphatic carbocycles. The predicted octanol–water partition coefficient (Wildman–Crippen LogP) is 4.31. The molecule has 3 heteroatoms. The van der Waals surface area contributed by atoms with Gasteiger partial charge in [0.1, 0.15) is 0 Å². The molecular formula is C25H32O2Se. The Morgan fingerprint density at radius 1 is 1.04 bits per heavy atom. The van der Waals surface area contributed by atoms with Crippen LogP contribution in [0.5, 0.6) is 0 Å². The number of hydrogen-bond acceptors (Lipinski definition) is 2. The molecule has 7 atom stereocenters. The summed E-state index contributed by atoms with van der Waals surface area (Å²) in [6, 6.07) is 10.7. The summed E-state index contributed by atoms with van der Waals surface area (Å²) in [5.41, 5.74) is 1.68. The van der Waals surface area contributed by atoms with Gasteiger partial charge in [-0.3, -0.25) is 0 Å². The van der Waals surface area contributed by atoms with Gasteiger partial charge in [0.2, 0.25) is 0 Å². The molecule has 0 heterocycles. The van der Waals surface area contributed by atoms with E-state index < -0.39 is 0 Å². The Labute approximate surface area is 175 Å². The third kappa shape index (κ3) is 2.81. The number of ketones is 1. The van der Waals surface area contributed by atoms with Crippen LogP contribution in [0.15, 0.2) is 42.0 Å². The van der Waals surface area contributed by atoms with Crippen molar-refractivity contribution < 1.29 is 9.90 Å². The fourth-order valence-corrected chi connectivity index (χ4v) is 9.95. The van der Waals surface area contributed by atoms with Crippen molar-refractivity contribution in [1.29, 1.82) is 0 Å². The van der Waals surface area contributed by atoms with Crippen molar-refractivity contribution in [1.82, 2.24) is 0 Å². The molecule has 0 aliphatic heterocycles. The fraction of sp³-hybridized carbons (Fsp3) is 0.640. The van der Waals surface area contributed by atoms with Crippen LogP contribution in [0.3, 0.4) is 0 Å². The topological polar surface area (TPSA) is 37.3 Å². The average molecular weight is 443 g/mol. The zero-order valence-corrected chi connectivity index (χ0v) is 18.8. The van der Waals surface area contributed by atoms with Gasteiger partial charge in [-0.2, -0.15) is 0 Å². The zero-order chi connectivity index (χ0) is 19.5. The number of hydrogen-bond donors (Lipinski definition) is 1. The maximum atomic E-state index is 13.5. The van der Waals surface area contributed by atoms with Crippen molar-refractivity contribution in [2.75, 3.05) is 0 Å². The van der Waals surface area contributed by atoms with Crippen LogP contribution in [0.2, 0.25) is 4.82 Å². The molecule has 0 bridgehead atoms.